The third-order valence-electron chi connectivity index (χ3n) is 3.78. The Kier molecular flexibility index (Phi) is 5.52. The van der Waals surface area contributed by atoms with Gasteiger partial charge in [0.05, 0.1) is 18.2 Å². The van der Waals surface area contributed by atoms with E-state index in [2.05, 4.69) is 11.0 Å². The summed E-state index contributed by atoms with van der Waals surface area (Å²) in [6.45, 7) is 3.23. The molecule has 2 radical (unpaired) electrons. The molecule has 0 aliphatic carbocycles. The van der Waals surface area contributed by atoms with Crippen LogP contribution in [0.15, 0.2) is 30.3 Å². The first kappa shape index (κ1) is 18.2. The zero-order chi connectivity index (χ0) is 18.6. The van der Waals surface area contributed by atoms with E-state index in [0.717, 1.165) is 0 Å². The minimum Gasteiger partial charge on any atom is -0.334 e. The van der Waals surface area contributed by atoms with Gasteiger partial charge >= 0.3 is 0 Å². The Labute approximate surface area is 145 Å². The maximum Gasteiger partial charge on any atom is 0.254 e. The maximum atomic E-state index is 12.6. The number of nitriles is 1. The molecule has 0 aliphatic heterocycles. The van der Waals surface area contributed by atoms with Crippen molar-refractivity contribution < 1.29 is 19.7 Å². The van der Waals surface area contributed by atoms with Gasteiger partial charge in [-0.25, -0.2) is 0 Å². The number of likely N-dealkylation sites (N-methyl/N-ethyl adjacent to an activating group) is 1. The molecule has 0 spiro atoms. The van der Waals surface area contributed by atoms with Crippen LogP contribution < -0.4 is 4.89 Å². The Morgan fingerprint density at radius 3 is 2.40 bits per heavy atom. The SMILES string of the molecule is Cc1[c]c(O[O])cc(C)c1C(=O)CN(C)C(=O)c1ccc(C#N)cc1. The van der Waals surface area contributed by atoms with Crippen LogP contribution >= 0.6 is 0 Å². The van der Waals surface area contributed by atoms with Crippen molar-refractivity contribution in [2.45, 2.75) is 13.8 Å². The molecule has 126 valence electrons. The number of rotatable bonds is 5. The molecule has 2 rings (SSSR count). The summed E-state index contributed by atoms with van der Waals surface area (Å²) in [5, 5.41) is 19.3. The van der Waals surface area contributed by atoms with E-state index in [1.54, 1.807) is 38.1 Å². The molecule has 0 aliphatic rings. The third kappa shape index (κ3) is 4.03. The molecule has 0 unspecified atom stereocenters. The van der Waals surface area contributed by atoms with Crippen LogP contribution in [0.5, 0.6) is 5.75 Å². The molecule has 0 saturated heterocycles. The van der Waals surface area contributed by atoms with Gasteiger partial charge in [0.1, 0.15) is 0 Å². The smallest absolute Gasteiger partial charge is 0.254 e. The van der Waals surface area contributed by atoms with Crippen molar-refractivity contribution in [1.82, 2.24) is 4.90 Å². The fourth-order valence-electron chi connectivity index (χ4n) is 2.60. The van der Waals surface area contributed by atoms with Gasteiger partial charge in [0.15, 0.2) is 11.5 Å². The molecular formula is C19H16N2O4. The van der Waals surface area contributed by atoms with E-state index in [1.165, 1.54) is 18.0 Å². The average molecular weight is 336 g/mol. The van der Waals surface area contributed by atoms with Gasteiger partial charge < -0.3 is 9.79 Å². The van der Waals surface area contributed by atoms with Crippen molar-refractivity contribution in [1.29, 1.82) is 5.26 Å². The van der Waals surface area contributed by atoms with Gasteiger partial charge in [-0.2, -0.15) is 5.26 Å². The number of aryl methyl sites for hydroxylation is 2. The van der Waals surface area contributed by atoms with Crippen molar-refractivity contribution in [3.05, 3.63) is 64.2 Å². The first-order chi connectivity index (χ1) is 11.9. The van der Waals surface area contributed by atoms with Crippen LogP contribution in [0.2, 0.25) is 0 Å². The highest BCUT2D eigenvalue weighted by atomic mass is 17.1. The summed E-state index contributed by atoms with van der Waals surface area (Å²) in [5.41, 5.74) is 2.35. The van der Waals surface area contributed by atoms with Gasteiger partial charge in [-0.15, -0.1) is 0 Å². The Balaban J connectivity index is 2.17. The lowest BCUT2D eigenvalue weighted by Gasteiger charge is -2.18. The fraction of sp³-hybridized carbons (Fsp3) is 0.211. The predicted molar refractivity (Wildman–Crippen MR) is 88.5 cm³/mol. The zero-order valence-corrected chi connectivity index (χ0v) is 14.1. The van der Waals surface area contributed by atoms with E-state index in [-0.39, 0.29) is 24.0 Å². The highest BCUT2D eigenvalue weighted by Gasteiger charge is 2.19. The van der Waals surface area contributed by atoms with Crippen LogP contribution in [0, 0.1) is 31.2 Å². The van der Waals surface area contributed by atoms with E-state index >= 15 is 0 Å². The van der Waals surface area contributed by atoms with E-state index < -0.39 is 0 Å². The molecule has 6 heteroatoms. The first-order valence-corrected chi connectivity index (χ1v) is 7.49. The number of amides is 1. The minimum atomic E-state index is -0.323. The number of carbonyl (C=O) groups excluding carboxylic acids is 2. The molecule has 0 saturated carbocycles. The predicted octanol–water partition coefficient (Wildman–Crippen LogP) is 2.65. The van der Waals surface area contributed by atoms with E-state index in [4.69, 9.17) is 5.26 Å². The van der Waals surface area contributed by atoms with Crippen molar-refractivity contribution in [3.63, 3.8) is 0 Å². The number of benzene rings is 2. The summed E-state index contributed by atoms with van der Waals surface area (Å²) in [7, 11) is 1.53. The van der Waals surface area contributed by atoms with Crippen molar-refractivity contribution in [2.75, 3.05) is 13.6 Å². The van der Waals surface area contributed by atoms with Gasteiger partial charge in [0, 0.05) is 29.5 Å². The number of hydrogen-bond acceptors (Lipinski definition) is 4. The molecule has 0 N–H and O–H groups in total. The average Bonchev–Trinajstić information content (AvgIpc) is 2.60. The second-order valence-electron chi connectivity index (χ2n) is 5.67. The number of Topliss-reactive ketones (excluding diaryl/α,β-unsaturated/α-hetero) is 1. The van der Waals surface area contributed by atoms with Crippen molar-refractivity contribution in [3.8, 4) is 11.8 Å². The lowest BCUT2D eigenvalue weighted by atomic mass is 9.98. The van der Waals surface area contributed by atoms with Gasteiger partial charge in [-0.05, 0) is 55.3 Å². The molecule has 1 amide bonds. The molecule has 0 fully saturated rings. The van der Waals surface area contributed by atoms with E-state index in [0.29, 0.717) is 27.8 Å². The molecule has 0 atom stereocenters. The summed E-state index contributed by atoms with van der Waals surface area (Å²) in [6, 6.07) is 12.3. The topological polar surface area (TPSA) is 90.3 Å². The summed E-state index contributed by atoms with van der Waals surface area (Å²) in [4.78, 5) is 30.2. The Morgan fingerprint density at radius 1 is 1.24 bits per heavy atom. The number of nitrogens with zero attached hydrogens (tertiary/aromatic N) is 2. The second-order valence-corrected chi connectivity index (χ2v) is 5.67. The quantitative estimate of drug-likeness (QED) is 0.477. The fourth-order valence-corrected chi connectivity index (χ4v) is 2.60. The zero-order valence-electron chi connectivity index (χ0n) is 14.1. The van der Waals surface area contributed by atoms with Gasteiger partial charge in [0.2, 0.25) is 0 Å². The molecule has 2 aromatic carbocycles. The standard InChI is InChI=1S/C19H16N2O4/c1-12-8-16(25-24)9-13(2)18(12)17(22)11-21(3)19(23)15-6-4-14(10-20)5-7-15/h4-8H,11H2,1-3H3. The normalized spacial score (nSPS) is 10.0. The summed E-state index contributed by atoms with van der Waals surface area (Å²) < 4.78 is 0. The molecule has 0 heterocycles. The first-order valence-electron chi connectivity index (χ1n) is 7.49. The number of carbonyl (C=O) groups is 2. The Bertz CT molecular complexity index is 828. The largest absolute Gasteiger partial charge is 0.334 e. The van der Waals surface area contributed by atoms with Crippen LogP contribution in [0.3, 0.4) is 0 Å². The van der Waals surface area contributed by atoms with Crippen LogP contribution in [0.4, 0.5) is 0 Å². The van der Waals surface area contributed by atoms with Crippen molar-refractivity contribution in [2.24, 2.45) is 0 Å². The van der Waals surface area contributed by atoms with Gasteiger partial charge in [0.25, 0.3) is 5.91 Å². The van der Waals surface area contributed by atoms with Crippen molar-refractivity contribution >= 4 is 11.7 Å². The van der Waals surface area contributed by atoms with E-state index in [1.807, 2.05) is 6.07 Å². The summed E-state index contributed by atoms with van der Waals surface area (Å²) in [5.74, 6) is -0.557. The number of hydrogen-bond donors (Lipinski definition) is 0. The highest BCUT2D eigenvalue weighted by molar-refractivity contribution is 6.03. The van der Waals surface area contributed by atoms with Crippen LogP contribution in [-0.2, 0) is 5.26 Å². The second kappa shape index (κ2) is 7.60. The van der Waals surface area contributed by atoms with Crippen LogP contribution in [0.1, 0.15) is 37.4 Å². The number of ketones is 1. The molecule has 6 nitrogen and oxygen atoms in total. The molecule has 25 heavy (non-hydrogen) atoms. The molecule has 2 aromatic rings. The Morgan fingerprint density at radius 2 is 1.88 bits per heavy atom. The van der Waals surface area contributed by atoms with Gasteiger partial charge in [-0.1, -0.05) is 0 Å². The molecule has 0 aromatic heterocycles. The summed E-state index contributed by atoms with van der Waals surface area (Å²) >= 11 is 0. The van der Waals surface area contributed by atoms with E-state index in [9.17, 15) is 14.8 Å². The maximum absolute atomic E-state index is 12.6. The van der Waals surface area contributed by atoms with Crippen LogP contribution in [-0.4, -0.2) is 30.2 Å². The molecule has 0 bridgehead atoms. The molecular weight excluding hydrogens is 320 g/mol. The lowest BCUT2D eigenvalue weighted by molar-refractivity contribution is -0.208. The van der Waals surface area contributed by atoms with Crippen LogP contribution in [0.25, 0.3) is 0 Å². The van der Waals surface area contributed by atoms with Gasteiger partial charge in [-0.3, -0.25) is 9.59 Å². The monoisotopic (exact) mass is 336 g/mol. The minimum absolute atomic E-state index is 0.0218. The third-order valence-corrected chi connectivity index (χ3v) is 3.78. The highest BCUT2D eigenvalue weighted by Crippen LogP contribution is 2.21. The lowest BCUT2D eigenvalue weighted by Crippen LogP contribution is -2.32. The summed E-state index contributed by atoms with van der Waals surface area (Å²) in [6.07, 6.45) is 0. The Hall–Kier alpha value is -3.17.